The number of nitrogens with zero attached hydrogens (tertiary/aromatic N) is 3. The SMILES string of the molecule is Cl.Cl.N#Cc1cnn2cccc2c1. The van der Waals surface area contributed by atoms with Crippen LogP contribution in [0.1, 0.15) is 5.56 Å². The zero-order valence-electron chi connectivity index (χ0n) is 6.54. The summed E-state index contributed by atoms with van der Waals surface area (Å²) in [5.74, 6) is 0. The van der Waals surface area contributed by atoms with E-state index in [-0.39, 0.29) is 24.8 Å². The molecule has 0 aromatic carbocycles. The number of hydrogen-bond acceptors (Lipinski definition) is 2. The minimum atomic E-state index is 0. The molecule has 2 aromatic rings. The fourth-order valence-corrected chi connectivity index (χ4v) is 0.987. The van der Waals surface area contributed by atoms with Crippen LogP contribution >= 0.6 is 24.8 Å². The molecule has 13 heavy (non-hydrogen) atoms. The Kier molecular flexibility index (Phi) is 4.26. The summed E-state index contributed by atoms with van der Waals surface area (Å²) in [6.45, 7) is 0. The van der Waals surface area contributed by atoms with E-state index in [0.717, 1.165) is 5.52 Å². The van der Waals surface area contributed by atoms with E-state index in [0.29, 0.717) is 5.56 Å². The number of fused-ring (bicyclic) bond motifs is 1. The third kappa shape index (κ3) is 2.11. The first-order valence-corrected chi connectivity index (χ1v) is 3.23. The lowest BCUT2D eigenvalue weighted by molar-refractivity contribution is 0.937. The van der Waals surface area contributed by atoms with Crippen LogP contribution in [-0.2, 0) is 0 Å². The fourth-order valence-electron chi connectivity index (χ4n) is 0.987. The Hall–Kier alpha value is -1.24. The average molecular weight is 216 g/mol. The van der Waals surface area contributed by atoms with Gasteiger partial charge in [-0.05, 0) is 18.2 Å². The van der Waals surface area contributed by atoms with Gasteiger partial charge in [-0.3, -0.25) is 0 Å². The third-order valence-corrected chi connectivity index (χ3v) is 1.51. The van der Waals surface area contributed by atoms with Crippen molar-refractivity contribution in [2.45, 2.75) is 0 Å². The molecular formula is C8H7Cl2N3. The second kappa shape index (κ2) is 4.70. The molecule has 0 fully saturated rings. The van der Waals surface area contributed by atoms with Crippen molar-refractivity contribution < 1.29 is 0 Å². The summed E-state index contributed by atoms with van der Waals surface area (Å²) in [6, 6.07) is 7.63. The van der Waals surface area contributed by atoms with Crippen molar-refractivity contribution in [3.8, 4) is 6.07 Å². The van der Waals surface area contributed by atoms with Crippen molar-refractivity contribution in [3.63, 3.8) is 0 Å². The predicted molar refractivity (Wildman–Crippen MR) is 54.4 cm³/mol. The van der Waals surface area contributed by atoms with Crippen LogP contribution in [0.4, 0.5) is 0 Å². The summed E-state index contributed by atoms with van der Waals surface area (Å²) >= 11 is 0. The molecule has 0 amide bonds. The molecule has 0 spiro atoms. The van der Waals surface area contributed by atoms with Crippen molar-refractivity contribution in [2.24, 2.45) is 0 Å². The molecular weight excluding hydrogens is 209 g/mol. The standard InChI is InChI=1S/C8H5N3.2ClH/c9-5-7-4-8-2-1-3-11(8)10-6-7;;/h1-4,6H;2*1H. The van der Waals surface area contributed by atoms with Crippen molar-refractivity contribution in [3.05, 3.63) is 36.2 Å². The molecule has 0 atom stereocenters. The molecule has 2 aromatic heterocycles. The first-order valence-electron chi connectivity index (χ1n) is 3.23. The Morgan fingerprint density at radius 2 is 2.15 bits per heavy atom. The highest BCUT2D eigenvalue weighted by atomic mass is 35.5. The topological polar surface area (TPSA) is 41.1 Å². The molecule has 0 N–H and O–H groups in total. The summed E-state index contributed by atoms with van der Waals surface area (Å²) in [4.78, 5) is 0. The van der Waals surface area contributed by atoms with E-state index in [1.165, 1.54) is 0 Å². The second-order valence-corrected chi connectivity index (χ2v) is 2.23. The quantitative estimate of drug-likeness (QED) is 0.676. The maximum atomic E-state index is 8.54. The lowest BCUT2D eigenvalue weighted by Crippen LogP contribution is -1.88. The van der Waals surface area contributed by atoms with Gasteiger partial charge in [0, 0.05) is 6.20 Å². The monoisotopic (exact) mass is 215 g/mol. The molecule has 0 radical (unpaired) electrons. The van der Waals surface area contributed by atoms with Gasteiger partial charge >= 0.3 is 0 Å². The summed E-state index contributed by atoms with van der Waals surface area (Å²) < 4.78 is 1.72. The van der Waals surface area contributed by atoms with Crippen molar-refractivity contribution in [1.82, 2.24) is 9.61 Å². The zero-order chi connectivity index (χ0) is 7.68. The first kappa shape index (κ1) is 11.8. The van der Waals surface area contributed by atoms with Gasteiger partial charge in [-0.15, -0.1) is 24.8 Å². The summed E-state index contributed by atoms with van der Waals surface area (Å²) in [6.07, 6.45) is 3.39. The molecule has 2 heterocycles. The normalized spacial score (nSPS) is 8.23. The van der Waals surface area contributed by atoms with Crippen LogP contribution in [0.15, 0.2) is 30.6 Å². The molecule has 0 aliphatic rings. The zero-order valence-corrected chi connectivity index (χ0v) is 8.18. The minimum absolute atomic E-state index is 0. The number of hydrogen-bond donors (Lipinski definition) is 0. The first-order chi connectivity index (χ1) is 5.40. The van der Waals surface area contributed by atoms with Gasteiger partial charge in [0.25, 0.3) is 0 Å². The molecule has 0 aliphatic carbocycles. The van der Waals surface area contributed by atoms with Gasteiger partial charge in [-0.2, -0.15) is 10.4 Å². The Bertz CT molecular complexity index is 430. The number of nitriles is 1. The lowest BCUT2D eigenvalue weighted by atomic mass is 10.3. The molecule has 0 saturated carbocycles. The fraction of sp³-hybridized carbons (Fsp3) is 0. The maximum absolute atomic E-state index is 8.54. The van der Waals surface area contributed by atoms with Crippen LogP contribution in [0.5, 0.6) is 0 Å². The Morgan fingerprint density at radius 1 is 1.38 bits per heavy atom. The molecule has 0 aliphatic heterocycles. The largest absolute Gasteiger partial charge is 0.241 e. The van der Waals surface area contributed by atoms with Gasteiger partial charge in [-0.25, -0.2) is 4.52 Å². The van der Waals surface area contributed by atoms with Crippen LogP contribution in [0.25, 0.3) is 5.52 Å². The molecule has 5 heteroatoms. The van der Waals surface area contributed by atoms with Gasteiger partial charge in [0.15, 0.2) is 0 Å². The Balaban J connectivity index is 0.000000720. The van der Waals surface area contributed by atoms with E-state index >= 15 is 0 Å². The van der Waals surface area contributed by atoms with E-state index in [1.807, 2.05) is 24.4 Å². The molecule has 2 rings (SSSR count). The van der Waals surface area contributed by atoms with Crippen LogP contribution < -0.4 is 0 Å². The van der Waals surface area contributed by atoms with Crippen LogP contribution in [0, 0.1) is 11.3 Å². The van der Waals surface area contributed by atoms with Gasteiger partial charge < -0.3 is 0 Å². The minimum Gasteiger partial charge on any atom is -0.241 e. The van der Waals surface area contributed by atoms with Crippen molar-refractivity contribution >= 4 is 30.3 Å². The molecule has 0 saturated heterocycles. The predicted octanol–water partition coefficient (Wildman–Crippen LogP) is 2.05. The van der Waals surface area contributed by atoms with Gasteiger partial charge in [-0.1, -0.05) is 0 Å². The Morgan fingerprint density at radius 3 is 2.85 bits per heavy atom. The summed E-state index contributed by atoms with van der Waals surface area (Å²) in [5.41, 5.74) is 1.54. The number of rotatable bonds is 0. The highest BCUT2D eigenvalue weighted by molar-refractivity contribution is 5.85. The van der Waals surface area contributed by atoms with Crippen LogP contribution in [-0.4, -0.2) is 9.61 Å². The van der Waals surface area contributed by atoms with Crippen LogP contribution in [0.3, 0.4) is 0 Å². The highest BCUT2D eigenvalue weighted by Crippen LogP contribution is 2.03. The van der Waals surface area contributed by atoms with E-state index in [2.05, 4.69) is 5.10 Å². The van der Waals surface area contributed by atoms with E-state index in [1.54, 1.807) is 16.8 Å². The van der Waals surface area contributed by atoms with Gasteiger partial charge in [0.05, 0.1) is 17.3 Å². The summed E-state index contributed by atoms with van der Waals surface area (Å²) in [7, 11) is 0. The average Bonchev–Trinajstić information content (AvgIpc) is 2.50. The third-order valence-electron chi connectivity index (χ3n) is 1.51. The number of halogens is 2. The molecule has 68 valence electrons. The number of aromatic nitrogens is 2. The van der Waals surface area contributed by atoms with Crippen molar-refractivity contribution in [1.29, 1.82) is 5.26 Å². The van der Waals surface area contributed by atoms with E-state index in [4.69, 9.17) is 5.26 Å². The van der Waals surface area contributed by atoms with E-state index in [9.17, 15) is 0 Å². The summed E-state index contributed by atoms with van der Waals surface area (Å²) in [5, 5.41) is 12.5. The molecule has 0 bridgehead atoms. The lowest BCUT2D eigenvalue weighted by Gasteiger charge is -1.91. The Labute approximate surface area is 87.8 Å². The highest BCUT2D eigenvalue weighted by Gasteiger charge is 1.93. The van der Waals surface area contributed by atoms with Crippen molar-refractivity contribution in [2.75, 3.05) is 0 Å². The van der Waals surface area contributed by atoms with Gasteiger partial charge in [0.1, 0.15) is 6.07 Å². The van der Waals surface area contributed by atoms with Crippen LogP contribution in [0.2, 0.25) is 0 Å². The van der Waals surface area contributed by atoms with Gasteiger partial charge in [0.2, 0.25) is 0 Å². The maximum Gasteiger partial charge on any atom is 0.101 e. The van der Waals surface area contributed by atoms with E-state index < -0.39 is 0 Å². The molecule has 0 unspecified atom stereocenters. The second-order valence-electron chi connectivity index (χ2n) is 2.23. The molecule has 3 nitrogen and oxygen atoms in total. The smallest absolute Gasteiger partial charge is 0.101 e.